The topological polar surface area (TPSA) is 0 Å². The van der Waals surface area contributed by atoms with Crippen molar-refractivity contribution in [2.24, 2.45) is 0 Å². The monoisotopic (exact) mass is 132 g/mol. The highest BCUT2D eigenvalue weighted by molar-refractivity contribution is 5.29. The highest BCUT2D eigenvalue weighted by Gasteiger charge is 1.93. The van der Waals surface area contributed by atoms with Gasteiger partial charge in [0.05, 0.1) is 0 Å². The van der Waals surface area contributed by atoms with Crippen molar-refractivity contribution in [2.75, 3.05) is 0 Å². The van der Waals surface area contributed by atoms with Gasteiger partial charge >= 0.3 is 0 Å². The zero-order valence-electron chi connectivity index (χ0n) is 6.57. The van der Waals surface area contributed by atoms with E-state index in [1.165, 1.54) is 16.7 Å². The van der Waals surface area contributed by atoms with Crippen LogP contribution in [-0.4, -0.2) is 0 Å². The van der Waals surface area contributed by atoms with E-state index >= 15 is 0 Å². The SMILES string of the molecule is [CH2]Cc1cc(C)[c]cc1C. The van der Waals surface area contributed by atoms with Gasteiger partial charge in [-0.05, 0) is 49.9 Å². The number of benzene rings is 1. The molecule has 0 saturated heterocycles. The number of hydrogen-bond acceptors (Lipinski definition) is 0. The second-order valence-electron chi connectivity index (χ2n) is 2.57. The van der Waals surface area contributed by atoms with E-state index < -0.39 is 0 Å². The van der Waals surface area contributed by atoms with Crippen LogP contribution in [0.2, 0.25) is 0 Å². The molecular weight excluding hydrogens is 120 g/mol. The minimum absolute atomic E-state index is 0.876. The lowest BCUT2D eigenvalue weighted by Crippen LogP contribution is -1.86. The molecule has 0 amide bonds. The molecular formula is C10H12. The van der Waals surface area contributed by atoms with Crippen LogP contribution in [0.5, 0.6) is 0 Å². The van der Waals surface area contributed by atoms with Gasteiger partial charge in [0.15, 0.2) is 0 Å². The fraction of sp³-hybridized carbons (Fsp3) is 0.300. The van der Waals surface area contributed by atoms with Gasteiger partial charge < -0.3 is 0 Å². The molecule has 1 aromatic rings. The first-order chi connectivity index (χ1) is 4.74. The molecule has 10 heavy (non-hydrogen) atoms. The van der Waals surface area contributed by atoms with Gasteiger partial charge in [-0.25, -0.2) is 0 Å². The van der Waals surface area contributed by atoms with E-state index in [-0.39, 0.29) is 0 Å². The van der Waals surface area contributed by atoms with E-state index in [0.29, 0.717) is 0 Å². The van der Waals surface area contributed by atoms with Gasteiger partial charge in [-0.1, -0.05) is 12.1 Å². The van der Waals surface area contributed by atoms with Crippen molar-refractivity contribution in [3.63, 3.8) is 0 Å². The average molecular weight is 132 g/mol. The summed E-state index contributed by atoms with van der Waals surface area (Å²) in [5, 5.41) is 0. The van der Waals surface area contributed by atoms with Crippen LogP contribution in [0.4, 0.5) is 0 Å². The third-order valence-corrected chi connectivity index (χ3v) is 1.68. The summed E-state index contributed by atoms with van der Waals surface area (Å²) in [7, 11) is 0. The lowest BCUT2D eigenvalue weighted by molar-refractivity contribution is 1.19. The summed E-state index contributed by atoms with van der Waals surface area (Å²) >= 11 is 0. The molecule has 0 spiro atoms. The van der Waals surface area contributed by atoms with Crippen molar-refractivity contribution in [2.45, 2.75) is 20.3 Å². The molecule has 0 saturated carbocycles. The van der Waals surface area contributed by atoms with Gasteiger partial charge in [0.25, 0.3) is 0 Å². The molecule has 0 N–H and O–H groups in total. The van der Waals surface area contributed by atoms with Crippen LogP contribution >= 0.6 is 0 Å². The van der Waals surface area contributed by atoms with Crippen molar-refractivity contribution in [1.82, 2.24) is 0 Å². The quantitative estimate of drug-likeness (QED) is 0.550. The van der Waals surface area contributed by atoms with Crippen molar-refractivity contribution < 1.29 is 0 Å². The molecule has 0 aliphatic carbocycles. The Labute approximate surface area is 62.9 Å². The van der Waals surface area contributed by atoms with E-state index in [4.69, 9.17) is 0 Å². The van der Waals surface area contributed by atoms with Crippen LogP contribution in [-0.2, 0) is 6.42 Å². The number of aryl methyl sites for hydroxylation is 2. The molecule has 0 aliphatic rings. The molecule has 1 rings (SSSR count). The van der Waals surface area contributed by atoms with E-state index in [9.17, 15) is 0 Å². The normalized spacial score (nSPS) is 9.90. The van der Waals surface area contributed by atoms with Crippen molar-refractivity contribution in [3.8, 4) is 0 Å². The summed E-state index contributed by atoms with van der Waals surface area (Å²) < 4.78 is 0. The standard InChI is InChI=1S/C10H12/c1-4-10-7-8(2)5-6-9(10)3/h6-7H,1,4H2,2-3H3. The van der Waals surface area contributed by atoms with Crippen LogP contribution in [0.25, 0.3) is 0 Å². The van der Waals surface area contributed by atoms with Gasteiger partial charge in [0.1, 0.15) is 0 Å². The maximum atomic E-state index is 3.84. The van der Waals surface area contributed by atoms with Crippen LogP contribution in [0, 0.1) is 26.8 Å². The first-order valence-electron chi connectivity index (χ1n) is 3.51. The average Bonchev–Trinajstić information content (AvgIpc) is 1.94. The summed E-state index contributed by atoms with van der Waals surface area (Å²) in [4.78, 5) is 0. The zero-order valence-corrected chi connectivity index (χ0v) is 6.57. The molecule has 0 aromatic heterocycles. The van der Waals surface area contributed by atoms with Gasteiger partial charge in [0.2, 0.25) is 0 Å². The number of hydrogen-bond donors (Lipinski definition) is 0. The molecule has 0 aliphatic heterocycles. The summed E-state index contributed by atoms with van der Waals surface area (Å²) in [5.41, 5.74) is 3.82. The highest BCUT2D eigenvalue weighted by Crippen LogP contribution is 2.09. The third kappa shape index (κ3) is 1.38. The molecule has 0 heteroatoms. The Balaban J connectivity index is 3.09. The smallest absolute Gasteiger partial charge is 0.0149 e. The molecule has 0 heterocycles. The molecule has 0 unspecified atom stereocenters. The Bertz CT molecular complexity index is 223. The maximum absolute atomic E-state index is 3.84. The predicted octanol–water partition coefficient (Wildman–Crippen LogP) is 2.48. The molecule has 52 valence electrons. The second-order valence-corrected chi connectivity index (χ2v) is 2.57. The molecule has 0 fully saturated rings. The minimum Gasteiger partial charge on any atom is -0.0552 e. The second kappa shape index (κ2) is 2.87. The van der Waals surface area contributed by atoms with E-state index in [1.54, 1.807) is 0 Å². The Morgan fingerprint density at radius 1 is 1.50 bits per heavy atom. The Morgan fingerprint density at radius 3 is 2.70 bits per heavy atom. The maximum Gasteiger partial charge on any atom is -0.0149 e. The third-order valence-electron chi connectivity index (χ3n) is 1.68. The predicted molar refractivity (Wildman–Crippen MR) is 43.8 cm³/mol. The van der Waals surface area contributed by atoms with Gasteiger partial charge in [-0.15, -0.1) is 0 Å². The lowest BCUT2D eigenvalue weighted by Gasteiger charge is -2.01. The first kappa shape index (κ1) is 7.33. The molecule has 1 aromatic carbocycles. The summed E-state index contributed by atoms with van der Waals surface area (Å²) in [6.45, 7) is 7.99. The van der Waals surface area contributed by atoms with Crippen LogP contribution in [0.3, 0.4) is 0 Å². The fourth-order valence-electron chi connectivity index (χ4n) is 1.00. The summed E-state index contributed by atoms with van der Waals surface area (Å²) in [6, 6.07) is 7.31. The largest absolute Gasteiger partial charge is 0.0552 e. The number of rotatable bonds is 1. The van der Waals surface area contributed by atoms with E-state index in [1.807, 2.05) is 6.07 Å². The molecule has 0 nitrogen and oxygen atoms in total. The fourth-order valence-corrected chi connectivity index (χ4v) is 1.00. The Hall–Kier alpha value is -0.780. The van der Waals surface area contributed by atoms with Crippen LogP contribution in [0.1, 0.15) is 16.7 Å². The lowest BCUT2D eigenvalue weighted by atomic mass is 10.0. The summed E-state index contributed by atoms with van der Waals surface area (Å²) in [5.74, 6) is 0. The van der Waals surface area contributed by atoms with Crippen molar-refractivity contribution >= 4 is 0 Å². The molecule has 0 bridgehead atoms. The molecule has 2 radical (unpaired) electrons. The highest BCUT2D eigenvalue weighted by atomic mass is 14.0. The Morgan fingerprint density at radius 2 is 2.20 bits per heavy atom. The Kier molecular flexibility index (Phi) is 2.10. The molecule has 0 atom stereocenters. The van der Waals surface area contributed by atoms with Crippen molar-refractivity contribution in [3.05, 3.63) is 41.8 Å². The van der Waals surface area contributed by atoms with Crippen LogP contribution < -0.4 is 0 Å². The van der Waals surface area contributed by atoms with Gasteiger partial charge in [0, 0.05) is 0 Å². The van der Waals surface area contributed by atoms with Gasteiger partial charge in [-0.3, -0.25) is 0 Å². The zero-order chi connectivity index (χ0) is 7.56. The van der Waals surface area contributed by atoms with Gasteiger partial charge in [-0.2, -0.15) is 0 Å². The van der Waals surface area contributed by atoms with Crippen LogP contribution in [0.15, 0.2) is 12.1 Å². The van der Waals surface area contributed by atoms with Crippen molar-refractivity contribution in [1.29, 1.82) is 0 Å². The first-order valence-corrected chi connectivity index (χ1v) is 3.51. The van der Waals surface area contributed by atoms with E-state index in [0.717, 1.165) is 6.42 Å². The minimum atomic E-state index is 0.876. The summed E-state index contributed by atoms with van der Waals surface area (Å²) in [6.07, 6.45) is 0.876. The van der Waals surface area contributed by atoms with E-state index in [2.05, 4.69) is 32.9 Å².